The van der Waals surface area contributed by atoms with Gasteiger partial charge >= 0.3 is 11.9 Å². The van der Waals surface area contributed by atoms with E-state index in [1.54, 1.807) is 0 Å². The Kier molecular flexibility index (Phi) is 8.16. The quantitative estimate of drug-likeness (QED) is 0.579. The first kappa shape index (κ1) is 23.0. The summed E-state index contributed by atoms with van der Waals surface area (Å²) in [6, 6.07) is 0. The van der Waals surface area contributed by atoms with Gasteiger partial charge in [0.15, 0.2) is 0 Å². The molecule has 0 N–H and O–H groups in total. The first-order valence-electron chi connectivity index (χ1n) is 10.2. The number of hydrogen-bond acceptors (Lipinski definition) is 4. The molecule has 0 saturated heterocycles. The van der Waals surface area contributed by atoms with Crippen LogP contribution in [0.25, 0.3) is 0 Å². The Morgan fingerprint density at radius 2 is 1.00 bits per heavy atom. The zero-order chi connectivity index (χ0) is 20.1. The SMILES string of the molecule is CC(CC(C)(C)C)OC(=O)C1CCC(C(=O)OC(C)CC(C)(C)C)CC1. The molecule has 152 valence electrons. The highest BCUT2D eigenvalue weighted by Crippen LogP contribution is 2.32. The van der Waals surface area contributed by atoms with Crippen molar-refractivity contribution >= 4 is 11.9 Å². The fourth-order valence-corrected chi connectivity index (χ4v) is 3.96. The molecular weight excluding hydrogens is 328 g/mol. The minimum atomic E-state index is -0.102. The van der Waals surface area contributed by atoms with Crippen molar-refractivity contribution in [2.24, 2.45) is 22.7 Å². The summed E-state index contributed by atoms with van der Waals surface area (Å²) in [5.74, 6) is -0.355. The Labute approximate surface area is 160 Å². The zero-order valence-corrected chi connectivity index (χ0v) is 18.2. The molecule has 0 spiro atoms. The number of hydrogen-bond donors (Lipinski definition) is 0. The van der Waals surface area contributed by atoms with E-state index in [0.29, 0.717) is 25.7 Å². The predicted octanol–water partition coefficient (Wildman–Crippen LogP) is 5.53. The predicted molar refractivity (Wildman–Crippen MR) is 105 cm³/mol. The molecule has 2 unspecified atom stereocenters. The Hall–Kier alpha value is -1.06. The van der Waals surface area contributed by atoms with Crippen molar-refractivity contribution in [1.29, 1.82) is 0 Å². The van der Waals surface area contributed by atoms with Gasteiger partial charge in [-0.1, -0.05) is 41.5 Å². The molecule has 1 rings (SSSR count). The molecule has 1 saturated carbocycles. The summed E-state index contributed by atoms with van der Waals surface area (Å²) < 4.78 is 11.3. The third-order valence-corrected chi connectivity index (χ3v) is 4.83. The smallest absolute Gasteiger partial charge is 0.309 e. The van der Waals surface area contributed by atoms with Gasteiger partial charge in [-0.3, -0.25) is 9.59 Å². The number of rotatable bonds is 6. The molecule has 0 aromatic heterocycles. The summed E-state index contributed by atoms with van der Waals surface area (Å²) in [6.07, 6.45) is 4.44. The van der Waals surface area contributed by atoms with Crippen molar-refractivity contribution in [2.45, 2.75) is 106 Å². The van der Waals surface area contributed by atoms with Crippen LogP contribution >= 0.6 is 0 Å². The first-order chi connectivity index (χ1) is 11.8. The largest absolute Gasteiger partial charge is 0.462 e. The van der Waals surface area contributed by atoms with Crippen LogP contribution in [0.5, 0.6) is 0 Å². The minimum absolute atomic E-state index is 0.0663. The molecule has 1 aliphatic rings. The maximum Gasteiger partial charge on any atom is 0.309 e. The van der Waals surface area contributed by atoms with Crippen molar-refractivity contribution in [3.05, 3.63) is 0 Å². The molecule has 26 heavy (non-hydrogen) atoms. The van der Waals surface area contributed by atoms with E-state index in [1.165, 1.54) is 0 Å². The van der Waals surface area contributed by atoms with E-state index >= 15 is 0 Å². The molecule has 4 heteroatoms. The van der Waals surface area contributed by atoms with E-state index in [-0.39, 0.29) is 46.8 Å². The van der Waals surface area contributed by atoms with Crippen molar-refractivity contribution in [1.82, 2.24) is 0 Å². The average molecular weight is 369 g/mol. The molecule has 0 aromatic rings. The second-order valence-corrected chi connectivity index (χ2v) is 10.6. The van der Waals surface area contributed by atoms with Crippen molar-refractivity contribution in [2.75, 3.05) is 0 Å². The number of esters is 2. The molecule has 0 heterocycles. The van der Waals surface area contributed by atoms with Crippen LogP contribution in [0.1, 0.15) is 93.9 Å². The summed E-state index contributed by atoms with van der Waals surface area (Å²) in [4.78, 5) is 24.7. The summed E-state index contributed by atoms with van der Waals surface area (Å²) in [5.41, 5.74) is 0.287. The maximum atomic E-state index is 12.4. The molecule has 1 aliphatic carbocycles. The zero-order valence-electron chi connectivity index (χ0n) is 18.2. The van der Waals surface area contributed by atoms with Crippen LogP contribution in [0.15, 0.2) is 0 Å². The van der Waals surface area contributed by atoms with Crippen molar-refractivity contribution in [3.63, 3.8) is 0 Å². The second-order valence-electron chi connectivity index (χ2n) is 10.6. The summed E-state index contributed by atoms with van der Waals surface area (Å²) in [6.45, 7) is 16.8. The molecule has 0 amide bonds. The highest BCUT2D eigenvalue weighted by atomic mass is 16.5. The van der Waals surface area contributed by atoms with Gasteiger partial charge < -0.3 is 9.47 Å². The molecule has 0 aromatic carbocycles. The summed E-state index contributed by atoms with van der Waals surface area (Å²) >= 11 is 0. The van der Waals surface area contributed by atoms with Gasteiger partial charge in [0.2, 0.25) is 0 Å². The molecule has 4 nitrogen and oxygen atoms in total. The van der Waals surface area contributed by atoms with Gasteiger partial charge in [0.25, 0.3) is 0 Å². The minimum Gasteiger partial charge on any atom is -0.462 e. The highest BCUT2D eigenvalue weighted by Gasteiger charge is 2.33. The molecule has 0 radical (unpaired) electrons. The van der Waals surface area contributed by atoms with E-state index in [1.807, 2.05) is 13.8 Å². The van der Waals surface area contributed by atoms with Gasteiger partial charge in [-0.2, -0.15) is 0 Å². The van der Waals surface area contributed by atoms with Crippen LogP contribution < -0.4 is 0 Å². The van der Waals surface area contributed by atoms with E-state index in [2.05, 4.69) is 41.5 Å². The Morgan fingerprint density at radius 1 is 0.731 bits per heavy atom. The molecule has 2 atom stereocenters. The van der Waals surface area contributed by atoms with Crippen LogP contribution in [0.2, 0.25) is 0 Å². The van der Waals surface area contributed by atoms with Crippen LogP contribution in [0.4, 0.5) is 0 Å². The van der Waals surface area contributed by atoms with E-state index < -0.39 is 0 Å². The number of carbonyl (C=O) groups is 2. The summed E-state index contributed by atoms with van der Waals surface area (Å²) in [5, 5.41) is 0. The molecule has 0 aliphatic heterocycles. The molecule has 0 bridgehead atoms. The highest BCUT2D eigenvalue weighted by molar-refractivity contribution is 5.75. The fraction of sp³-hybridized carbons (Fsp3) is 0.909. The van der Waals surface area contributed by atoms with E-state index in [9.17, 15) is 9.59 Å². The molecule has 1 fully saturated rings. The van der Waals surface area contributed by atoms with E-state index in [4.69, 9.17) is 9.47 Å². The standard InChI is InChI=1S/C22H40O4/c1-15(13-21(3,4)5)25-19(23)17-9-11-18(12-10-17)20(24)26-16(2)14-22(6,7)8/h15-18H,9-14H2,1-8H3. The first-order valence-corrected chi connectivity index (χ1v) is 10.2. The van der Waals surface area contributed by atoms with Gasteiger partial charge in [-0.05, 0) is 63.2 Å². The number of carbonyl (C=O) groups excluding carboxylic acids is 2. The van der Waals surface area contributed by atoms with Gasteiger partial charge in [-0.25, -0.2) is 0 Å². The molecular formula is C22H40O4. The average Bonchev–Trinajstić information content (AvgIpc) is 2.43. The Bertz CT molecular complexity index is 418. The van der Waals surface area contributed by atoms with Crippen molar-refractivity contribution < 1.29 is 19.1 Å². The maximum absolute atomic E-state index is 12.4. The van der Waals surface area contributed by atoms with E-state index in [0.717, 1.165) is 12.8 Å². The van der Waals surface area contributed by atoms with Crippen LogP contribution in [0.3, 0.4) is 0 Å². The Morgan fingerprint density at radius 3 is 1.23 bits per heavy atom. The van der Waals surface area contributed by atoms with Gasteiger partial charge in [0.1, 0.15) is 0 Å². The van der Waals surface area contributed by atoms with Crippen molar-refractivity contribution in [3.8, 4) is 0 Å². The van der Waals surface area contributed by atoms with Gasteiger partial charge in [0.05, 0.1) is 24.0 Å². The second kappa shape index (κ2) is 9.23. The summed E-state index contributed by atoms with van der Waals surface area (Å²) in [7, 11) is 0. The third-order valence-electron chi connectivity index (χ3n) is 4.83. The number of ether oxygens (including phenoxy) is 2. The van der Waals surface area contributed by atoms with Crippen LogP contribution in [-0.2, 0) is 19.1 Å². The normalized spacial score (nSPS) is 23.8. The van der Waals surface area contributed by atoms with Gasteiger partial charge in [0, 0.05) is 0 Å². The van der Waals surface area contributed by atoms with Gasteiger partial charge in [-0.15, -0.1) is 0 Å². The Balaban J connectivity index is 2.39. The lowest BCUT2D eigenvalue weighted by Gasteiger charge is -2.30. The lowest BCUT2D eigenvalue weighted by molar-refractivity contribution is -0.161. The monoisotopic (exact) mass is 368 g/mol. The third kappa shape index (κ3) is 9.05. The lowest BCUT2D eigenvalue weighted by Crippen LogP contribution is -2.32. The fourth-order valence-electron chi connectivity index (χ4n) is 3.96. The topological polar surface area (TPSA) is 52.6 Å². The van der Waals surface area contributed by atoms with Crippen LogP contribution in [-0.4, -0.2) is 24.1 Å². The van der Waals surface area contributed by atoms with Crippen LogP contribution in [0, 0.1) is 22.7 Å². The lowest BCUT2D eigenvalue weighted by atomic mass is 9.82.